The van der Waals surface area contributed by atoms with Gasteiger partial charge in [-0.3, -0.25) is 0 Å². The van der Waals surface area contributed by atoms with Gasteiger partial charge in [0.25, 0.3) is 0 Å². The summed E-state index contributed by atoms with van der Waals surface area (Å²) in [6.07, 6.45) is 0.604. The first kappa shape index (κ1) is 14.0. The summed E-state index contributed by atoms with van der Waals surface area (Å²) < 4.78 is 32.6. The summed E-state index contributed by atoms with van der Waals surface area (Å²) >= 11 is 2.01. The fraction of sp³-hybridized carbons (Fsp3) is 0.154. The van der Waals surface area contributed by atoms with Crippen LogP contribution in [0.5, 0.6) is 5.75 Å². The molecular formula is C13H11F2IN2O. The third kappa shape index (κ3) is 3.31. The fourth-order valence-electron chi connectivity index (χ4n) is 1.60. The van der Waals surface area contributed by atoms with Crippen molar-refractivity contribution in [2.75, 3.05) is 12.4 Å². The average Bonchev–Trinajstić information content (AvgIpc) is 2.41. The van der Waals surface area contributed by atoms with Gasteiger partial charge in [-0.2, -0.15) is 0 Å². The van der Waals surface area contributed by atoms with E-state index in [-0.39, 0.29) is 11.6 Å². The molecule has 2 rings (SSSR count). The van der Waals surface area contributed by atoms with Crippen molar-refractivity contribution in [2.24, 2.45) is 0 Å². The molecule has 0 spiro atoms. The first-order chi connectivity index (χ1) is 9.11. The normalized spacial score (nSPS) is 12.2. The van der Waals surface area contributed by atoms with E-state index >= 15 is 0 Å². The standard InChI is InChI=1S/C13H11F2IN2O/c14-7-12(9-6-8(15)3-4-10(9)16)19-11-2-1-5-18-13(11)17/h1-6,12H,7H2,(H2,17,18)/t12-/m0/s1. The van der Waals surface area contributed by atoms with E-state index in [0.29, 0.717) is 5.56 Å². The van der Waals surface area contributed by atoms with Crippen LogP contribution in [0.1, 0.15) is 11.7 Å². The summed E-state index contributed by atoms with van der Waals surface area (Å²) in [6, 6.07) is 7.39. The molecule has 0 saturated carbocycles. The monoisotopic (exact) mass is 376 g/mol. The summed E-state index contributed by atoms with van der Waals surface area (Å²) in [5.74, 6) is 0.0224. The third-order valence-electron chi connectivity index (χ3n) is 2.51. The zero-order valence-corrected chi connectivity index (χ0v) is 12.0. The molecule has 2 aromatic rings. The highest BCUT2D eigenvalue weighted by atomic mass is 127. The summed E-state index contributed by atoms with van der Waals surface area (Å²) in [5, 5.41) is 0. The van der Waals surface area contributed by atoms with Gasteiger partial charge in [-0.15, -0.1) is 0 Å². The Labute approximate surface area is 122 Å². The third-order valence-corrected chi connectivity index (χ3v) is 3.50. The lowest BCUT2D eigenvalue weighted by atomic mass is 10.1. The topological polar surface area (TPSA) is 48.1 Å². The summed E-state index contributed by atoms with van der Waals surface area (Å²) in [4.78, 5) is 3.85. The predicted octanol–water partition coefficient (Wildman–Crippen LogP) is 3.50. The number of rotatable bonds is 4. The van der Waals surface area contributed by atoms with E-state index in [0.717, 1.165) is 3.57 Å². The van der Waals surface area contributed by atoms with Gasteiger partial charge in [0, 0.05) is 15.3 Å². The first-order valence-corrected chi connectivity index (χ1v) is 6.57. The van der Waals surface area contributed by atoms with Gasteiger partial charge < -0.3 is 10.5 Å². The lowest BCUT2D eigenvalue weighted by Crippen LogP contribution is -2.13. The number of halogens is 3. The zero-order valence-electron chi connectivity index (χ0n) is 9.82. The van der Waals surface area contributed by atoms with Gasteiger partial charge in [0.15, 0.2) is 17.7 Å². The second-order valence-electron chi connectivity index (χ2n) is 3.81. The Morgan fingerprint density at radius 2 is 2.16 bits per heavy atom. The Balaban J connectivity index is 2.30. The number of nitrogens with zero attached hydrogens (tertiary/aromatic N) is 1. The van der Waals surface area contributed by atoms with Crippen LogP contribution < -0.4 is 10.5 Å². The minimum Gasteiger partial charge on any atom is -0.479 e. The Morgan fingerprint density at radius 1 is 1.37 bits per heavy atom. The molecular weight excluding hydrogens is 365 g/mol. The van der Waals surface area contributed by atoms with E-state index < -0.39 is 18.6 Å². The number of nitrogens with two attached hydrogens (primary N) is 1. The minimum atomic E-state index is -0.908. The van der Waals surface area contributed by atoms with E-state index in [1.165, 1.54) is 18.3 Å². The van der Waals surface area contributed by atoms with E-state index in [1.54, 1.807) is 18.2 Å². The van der Waals surface area contributed by atoms with Crippen LogP contribution >= 0.6 is 22.6 Å². The number of alkyl halides is 1. The van der Waals surface area contributed by atoms with Crippen LogP contribution in [-0.2, 0) is 0 Å². The highest BCUT2D eigenvalue weighted by Gasteiger charge is 2.18. The average molecular weight is 376 g/mol. The van der Waals surface area contributed by atoms with E-state index in [9.17, 15) is 8.78 Å². The SMILES string of the molecule is Nc1ncccc1O[C@@H](CF)c1cc(F)ccc1I. The van der Waals surface area contributed by atoms with E-state index in [4.69, 9.17) is 10.5 Å². The Hall–Kier alpha value is -1.44. The molecule has 0 fully saturated rings. The maximum Gasteiger partial charge on any atom is 0.166 e. The van der Waals surface area contributed by atoms with Gasteiger partial charge in [-0.05, 0) is 52.9 Å². The van der Waals surface area contributed by atoms with Crippen molar-refractivity contribution < 1.29 is 13.5 Å². The second kappa shape index (κ2) is 6.14. The number of ether oxygens (including phenoxy) is 1. The van der Waals surface area contributed by atoms with Crippen LogP contribution in [-0.4, -0.2) is 11.7 Å². The minimum absolute atomic E-state index is 0.173. The van der Waals surface area contributed by atoms with Crippen molar-refractivity contribution in [1.29, 1.82) is 0 Å². The number of pyridine rings is 1. The molecule has 0 amide bonds. The highest BCUT2D eigenvalue weighted by Crippen LogP contribution is 2.29. The van der Waals surface area contributed by atoms with Gasteiger partial charge in [0.2, 0.25) is 0 Å². The molecule has 3 nitrogen and oxygen atoms in total. The quantitative estimate of drug-likeness (QED) is 0.832. The molecule has 2 N–H and O–H groups in total. The number of nitrogen functional groups attached to an aromatic ring is 1. The fourth-order valence-corrected chi connectivity index (χ4v) is 2.28. The lowest BCUT2D eigenvalue weighted by Gasteiger charge is -2.18. The molecule has 0 saturated heterocycles. The van der Waals surface area contributed by atoms with Crippen LogP contribution in [0.25, 0.3) is 0 Å². The first-order valence-electron chi connectivity index (χ1n) is 5.50. The molecule has 0 aliphatic rings. The van der Waals surface area contributed by atoms with Gasteiger partial charge in [-0.1, -0.05) is 0 Å². The van der Waals surface area contributed by atoms with Gasteiger partial charge in [0.05, 0.1) is 0 Å². The number of benzene rings is 1. The maximum atomic E-state index is 13.2. The number of hydrogen-bond acceptors (Lipinski definition) is 3. The van der Waals surface area contributed by atoms with Crippen molar-refractivity contribution in [2.45, 2.75) is 6.10 Å². The van der Waals surface area contributed by atoms with Crippen molar-refractivity contribution in [3.63, 3.8) is 0 Å². The van der Waals surface area contributed by atoms with Crippen molar-refractivity contribution in [3.05, 3.63) is 51.5 Å². The van der Waals surface area contributed by atoms with Crippen molar-refractivity contribution in [3.8, 4) is 5.75 Å². The van der Waals surface area contributed by atoms with Crippen LogP contribution in [0.15, 0.2) is 36.5 Å². The van der Waals surface area contributed by atoms with Crippen LogP contribution in [0.3, 0.4) is 0 Å². The second-order valence-corrected chi connectivity index (χ2v) is 4.98. The number of hydrogen-bond donors (Lipinski definition) is 1. The van der Waals surface area contributed by atoms with Crippen LogP contribution in [0.4, 0.5) is 14.6 Å². The predicted molar refractivity (Wildman–Crippen MR) is 77.1 cm³/mol. The molecule has 100 valence electrons. The molecule has 0 radical (unpaired) electrons. The van der Waals surface area contributed by atoms with Gasteiger partial charge in [-0.25, -0.2) is 13.8 Å². The number of anilines is 1. The number of aromatic nitrogens is 1. The van der Waals surface area contributed by atoms with Gasteiger partial charge in [0.1, 0.15) is 12.5 Å². The van der Waals surface area contributed by atoms with Gasteiger partial charge >= 0.3 is 0 Å². The molecule has 0 bridgehead atoms. The Kier molecular flexibility index (Phi) is 4.52. The van der Waals surface area contributed by atoms with Crippen LogP contribution in [0, 0.1) is 9.39 Å². The summed E-state index contributed by atoms with van der Waals surface area (Å²) in [6.45, 7) is -0.784. The summed E-state index contributed by atoms with van der Waals surface area (Å²) in [7, 11) is 0. The molecule has 1 atom stereocenters. The highest BCUT2D eigenvalue weighted by molar-refractivity contribution is 14.1. The molecule has 0 aliphatic heterocycles. The molecule has 1 heterocycles. The molecule has 1 aromatic heterocycles. The zero-order chi connectivity index (χ0) is 13.8. The molecule has 19 heavy (non-hydrogen) atoms. The molecule has 1 aromatic carbocycles. The summed E-state index contributed by atoms with van der Waals surface area (Å²) in [5.41, 5.74) is 6.09. The van der Waals surface area contributed by atoms with Crippen molar-refractivity contribution in [1.82, 2.24) is 4.98 Å². The Bertz CT molecular complexity index is 580. The van der Waals surface area contributed by atoms with Crippen molar-refractivity contribution >= 4 is 28.4 Å². The molecule has 0 aliphatic carbocycles. The smallest absolute Gasteiger partial charge is 0.166 e. The molecule has 0 unspecified atom stereocenters. The maximum absolute atomic E-state index is 13.2. The molecule has 6 heteroatoms. The lowest BCUT2D eigenvalue weighted by molar-refractivity contribution is 0.166. The van der Waals surface area contributed by atoms with E-state index in [1.807, 2.05) is 22.6 Å². The van der Waals surface area contributed by atoms with Crippen LogP contribution in [0.2, 0.25) is 0 Å². The van der Waals surface area contributed by atoms with E-state index in [2.05, 4.69) is 4.98 Å². The largest absolute Gasteiger partial charge is 0.479 e. The Morgan fingerprint density at radius 3 is 2.84 bits per heavy atom.